The van der Waals surface area contributed by atoms with Crippen molar-refractivity contribution in [1.82, 2.24) is 24.6 Å². The van der Waals surface area contributed by atoms with Gasteiger partial charge >= 0.3 is 13.7 Å². The van der Waals surface area contributed by atoms with E-state index in [9.17, 15) is 24.4 Å². The fourth-order valence-corrected chi connectivity index (χ4v) is 5.50. The Balaban J connectivity index is 1.56. The van der Waals surface area contributed by atoms with Crippen molar-refractivity contribution in [2.24, 2.45) is 0 Å². The molecular formula is C23H31N6O9P. The molecule has 1 aliphatic heterocycles. The molecule has 6 atom stereocenters. The normalized spacial score (nSPS) is 25.5. The molecule has 3 heterocycles. The second-order valence-corrected chi connectivity index (χ2v) is 11.2. The highest BCUT2D eigenvalue weighted by atomic mass is 31.2. The summed E-state index contributed by atoms with van der Waals surface area (Å²) in [6.45, 7) is 5.56. The van der Waals surface area contributed by atoms with E-state index in [1.54, 1.807) is 44.2 Å². The lowest BCUT2D eigenvalue weighted by Gasteiger charge is -2.27. The van der Waals surface area contributed by atoms with Gasteiger partial charge in [0, 0.05) is 0 Å². The van der Waals surface area contributed by atoms with Crippen LogP contribution in [-0.4, -0.2) is 72.3 Å². The summed E-state index contributed by atoms with van der Waals surface area (Å²) in [7, 11) is -4.26. The molecule has 1 aromatic carbocycles. The van der Waals surface area contributed by atoms with E-state index in [-0.39, 0.29) is 22.9 Å². The van der Waals surface area contributed by atoms with E-state index in [0.29, 0.717) is 0 Å². The summed E-state index contributed by atoms with van der Waals surface area (Å²) >= 11 is 0. The summed E-state index contributed by atoms with van der Waals surface area (Å²) in [6.07, 6.45) is -3.24. The molecule has 39 heavy (non-hydrogen) atoms. The Labute approximate surface area is 222 Å². The highest BCUT2D eigenvalue weighted by Gasteiger charge is 2.54. The Hall–Kier alpha value is -3.33. The van der Waals surface area contributed by atoms with Crippen molar-refractivity contribution in [2.75, 3.05) is 12.3 Å². The van der Waals surface area contributed by atoms with Gasteiger partial charge in [0.05, 0.1) is 19.0 Å². The number of aromatic nitrogens is 4. The SMILES string of the molecule is CC(C)OC(=O)C(C)NP(=O)(OC[C@H]1OC(n2cnc3c(=O)[nH]c(N)nc32)[C@@](C)(O)[C@H]1O)Oc1ccccc1. The van der Waals surface area contributed by atoms with Crippen molar-refractivity contribution in [3.05, 3.63) is 47.0 Å². The van der Waals surface area contributed by atoms with Crippen molar-refractivity contribution in [1.29, 1.82) is 0 Å². The fraction of sp³-hybridized carbons (Fsp3) is 0.478. The number of carbonyl (C=O) groups is 1. The van der Waals surface area contributed by atoms with Crippen LogP contribution >= 0.6 is 7.75 Å². The highest BCUT2D eigenvalue weighted by Crippen LogP contribution is 2.47. The first-order valence-electron chi connectivity index (χ1n) is 12.1. The first kappa shape index (κ1) is 28.7. The summed E-state index contributed by atoms with van der Waals surface area (Å²) in [5.41, 5.74) is 3.11. The monoisotopic (exact) mass is 566 g/mol. The molecule has 0 spiro atoms. The first-order chi connectivity index (χ1) is 18.3. The fourth-order valence-electron chi connectivity index (χ4n) is 4.00. The van der Waals surface area contributed by atoms with E-state index in [4.69, 9.17) is 24.3 Å². The van der Waals surface area contributed by atoms with Crippen LogP contribution in [0, 0.1) is 0 Å². The van der Waals surface area contributed by atoms with Gasteiger partial charge in [-0.05, 0) is 39.8 Å². The molecular weight excluding hydrogens is 535 g/mol. The highest BCUT2D eigenvalue weighted by molar-refractivity contribution is 7.52. The van der Waals surface area contributed by atoms with Gasteiger partial charge in [0.25, 0.3) is 5.56 Å². The number of anilines is 1. The number of nitrogens with one attached hydrogen (secondary N) is 2. The van der Waals surface area contributed by atoms with Crippen molar-refractivity contribution in [3.63, 3.8) is 0 Å². The van der Waals surface area contributed by atoms with Gasteiger partial charge in [-0.3, -0.25) is 23.7 Å². The minimum atomic E-state index is -4.26. The van der Waals surface area contributed by atoms with Crippen LogP contribution in [0.5, 0.6) is 5.75 Å². The number of H-pyrrole nitrogens is 1. The average molecular weight is 567 g/mol. The molecule has 0 aliphatic carbocycles. The van der Waals surface area contributed by atoms with Crippen LogP contribution in [0.3, 0.4) is 0 Å². The van der Waals surface area contributed by atoms with Crippen LogP contribution in [0.1, 0.15) is 33.9 Å². The third-order valence-corrected chi connectivity index (χ3v) is 7.54. The van der Waals surface area contributed by atoms with E-state index in [2.05, 4.69) is 20.0 Å². The van der Waals surface area contributed by atoms with Crippen LogP contribution in [0.25, 0.3) is 11.2 Å². The van der Waals surface area contributed by atoms with Crippen molar-refractivity contribution in [2.45, 2.75) is 63.9 Å². The van der Waals surface area contributed by atoms with Crippen LogP contribution in [0.4, 0.5) is 5.95 Å². The summed E-state index contributed by atoms with van der Waals surface area (Å²) in [5, 5.41) is 24.6. The van der Waals surface area contributed by atoms with Gasteiger partial charge in [-0.2, -0.15) is 10.1 Å². The van der Waals surface area contributed by atoms with Gasteiger partial charge in [-0.15, -0.1) is 0 Å². The Kier molecular flexibility index (Phi) is 8.12. The number of fused-ring (bicyclic) bond motifs is 1. The van der Waals surface area contributed by atoms with Crippen molar-refractivity contribution in [3.8, 4) is 5.75 Å². The number of nitrogen functional groups attached to an aromatic ring is 1. The van der Waals surface area contributed by atoms with Gasteiger partial charge in [-0.25, -0.2) is 9.55 Å². The van der Waals surface area contributed by atoms with E-state index in [0.717, 1.165) is 0 Å². The largest absolute Gasteiger partial charge is 0.462 e. The molecule has 3 unspecified atom stereocenters. The van der Waals surface area contributed by atoms with Crippen molar-refractivity contribution < 1.29 is 38.1 Å². The third-order valence-electron chi connectivity index (χ3n) is 5.89. The summed E-state index contributed by atoms with van der Waals surface area (Å²) in [4.78, 5) is 34.9. The molecule has 1 saturated heterocycles. The lowest BCUT2D eigenvalue weighted by atomic mass is 9.96. The minimum absolute atomic E-state index is 0.0209. The number of benzene rings is 1. The molecule has 0 amide bonds. The lowest BCUT2D eigenvalue weighted by Crippen LogP contribution is -2.44. The zero-order chi connectivity index (χ0) is 28.5. The van der Waals surface area contributed by atoms with Gasteiger partial charge in [0.1, 0.15) is 29.6 Å². The van der Waals surface area contributed by atoms with E-state index >= 15 is 0 Å². The van der Waals surface area contributed by atoms with E-state index < -0.39 is 62.1 Å². The lowest BCUT2D eigenvalue weighted by molar-refractivity contribution is -0.149. The van der Waals surface area contributed by atoms with Gasteiger partial charge in [0.15, 0.2) is 17.4 Å². The number of hydrogen-bond acceptors (Lipinski definition) is 12. The van der Waals surface area contributed by atoms with Crippen molar-refractivity contribution >= 4 is 30.8 Å². The number of nitrogens with zero attached hydrogens (tertiary/aromatic N) is 3. The number of imidazole rings is 1. The van der Waals surface area contributed by atoms with E-state index in [1.165, 1.54) is 24.7 Å². The molecule has 3 aromatic rings. The number of aliphatic hydroxyl groups is 2. The standard InChI is InChI=1S/C23H31N6O9P/c1-12(2)36-20(32)13(3)28-39(34,38-14-8-6-5-7-9-14)35-10-15-17(30)23(4,33)21(37-15)29-11-25-16-18(29)26-22(24)27-19(16)31/h5-9,11-13,15,17,21,30,33H,10H2,1-4H3,(H,28,34)(H3,24,26,27,31)/t13?,15-,17+,21?,23+,39?/m1/s1. The number of ether oxygens (including phenoxy) is 2. The number of carbonyl (C=O) groups excluding carboxylic acids is 1. The molecule has 0 bridgehead atoms. The molecule has 212 valence electrons. The minimum Gasteiger partial charge on any atom is -0.462 e. The number of hydrogen-bond donors (Lipinski definition) is 5. The Bertz CT molecular complexity index is 1430. The molecule has 1 fully saturated rings. The number of rotatable bonds is 10. The summed E-state index contributed by atoms with van der Waals surface area (Å²) < 4.78 is 37.2. The third kappa shape index (κ3) is 6.13. The number of para-hydroxylation sites is 1. The molecule has 0 radical (unpaired) electrons. The van der Waals surface area contributed by atoms with Gasteiger partial charge in [-0.1, -0.05) is 18.2 Å². The topological polar surface area (TPSA) is 213 Å². The van der Waals surface area contributed by atoms with Crippen LogP contribution in [0.15, 0.2) is 41.5 Å². The van der Waals surface area contributed by atoms with Crippen LogP contribution in [0.2, 0.25) is 0 Å². The smallest absolute Gasteiger partial charge is 0.459 e. The molecule has 6 N–H and O–H groups in total. The number of nitrogens with two attached hydrogens (primary N) is 1. The molecule has 1 aliphatic rings. The molecule has 4 rings (SSSR count). The van der Waals surface area contributed by atoms with Gasteiger partial charge < -0.3 is 29.9 Å². The van der Waals surface area contributed by atoms with E-state index in [1.807, 2.05) is 0 Å². The maximum atomic E-state index is 13.7. The predicted octanol–water partition coefficient (Wildman–Crippen LogP) is 0.845. The average Bonchev–Trinajstić information content (AvgIpc) is 3.36. The first-order valence-corrected chi connectivity index (χ1v) is 13.6. The molecule has 2 aromatic heterocycles. The molecule has 15 nitrogen and oxygen atoms in total. The zero-order valence-corrected chi connectivity index (χ0v) is 22.6. The Morgan fingerprint density at radius 2 is 2.03 bits per heavy atom. The Morgan fingerprint density at radius 1 is 1.33 bits per heavy atom. The van der Waals surface area contributed by atoms with Gasteiger partial charge in [0.2, 0.25) is 5.95 Å². The Morgan fingerprint density at radius 3 is 2.69 bits per heavy atom. The quantitative estimate of drug-likeness (QED) is 0.170. The van der Waals surface area contributed by atoms with Crippen LogP contribution < -0.4 is 20.9 Å². The molecule has 0 saturated carbocycles. The maximum absolute atomic E-state index is 13.7. The summed E-state index contributed by atoms with van der Waals surface area (Å²) in [6, 6.07) is 7.04. The number of aromatic amines is 1. The maximum Gasteiger partial charge on any atom is 0.459 e. The van der Waals surface area contributed by atoms with Crippen LogP contribution in [-0.2, 0) is 23.4 Å². The zero-order valence-electron chi connectivity index (χ0n) is 21.7. The molecule has 16 heteroatoms. The number of esters is 1. The predicted molar refractivity (Wildman–Crippen MR) is 138 cm³/mol. The second-order valence-electron chi connectivity index (χ2n) is 9.51. The second kappa shape index (κ2) is 11.0. The number of aliphatic hydroxyl groups excluding tert-OH is 1. The summed E-state index contributed by atoms with van der Waals surface area (Å²) in [5.74, 6) is -0.670.